The summed E-state index contributed by atoms with van der Waals surface area (Å²) in [6.07, 6.45) is 5.78. The van der Waals surface area contributed by atoms with Crippen LogP contribution in [0.4, 0.5) is 13.2 Å². The first-order valence-electron chi connectivity index (χ1n) is 11.7. The van der Waals surface area contributed by atoms with Crippen molar-refractivity contribution in [2.75, 3.05) is 0 Å². The van der Waals surface area contributed by atoms with Crippen molar-refractivity contribution in [1.29, 1.82) is 0 Å². The number of halogens is 3. The Bertz CT molecular complexity index is 1530. The van der Waals surface area contributed by atoms with Gasteiger partial charge in [0.15, 0.2) is 0 Å². The van der Waals surface area contributed by atoms with E-state index < -0.39 is 12.4 Å². The van der Waals surface area contributed by atoms with E-state index in [9.17, 15) is 22.8 Å². The van der Waals surface area contributed by atoms with E-state index in [0.717, 1.165) is 55.2 Å². The standard InChI is InChI=1S/C26H22F3N5O2/c27-21-7-14(5-6-18(21)16-12-30-34(13-16)25(28)29)23(35)31-17-10-26(11-17)8-15(9-26)22-19-3-1-2-4-20(19)24(36)33-32-22/h1-7,12-13,15,17,25H,8-11H2,(H,31,35)(H,33,36). The number of carbonyl (C=O) groups is 1. The average Bonchev–Trinajstić information content (AvgIpc) is 3.31. The highest BCUT2D eigenvalue weighted by atomic mass is 19.3. The number of rotatable bonds is 5. The third-order valence-electron chi connectivity index (χ3n) is 7.51. The van der Waals surface area contributed by atoms with E-state index in [-0.39, 0.29) is 45.5 Å². The van der Waals surface area contributed by atoms with Crippen LogP contribution < -0.4 is 10.9 Å². The molecule has 0 saturated heterocycles. The van der Waals surface area contributed by atoms with E-state index in [1.165, 1.54) is 12.1 Å². The summed E-state index contributed by atoms with van der Waals surface area (Å²) in [5.41, 5.74) is 1.37. The molecule has 6 rings (SSSR count). The number of amides is 1. The Morgan fingerprint density at radius 2 is 1.86 bits per heavy atom. The van der Waals surface area contributed by atoms with Crippen molar-refractivity contribution in [3.05, 3.63) is 82.3 Å². The molecule has 1 spiro atoms. The number of benzene rings is 2. The van der Waals surface area contributed by atoms with Crippen molar-refractivity contribution in [3.8, 4) is 11.1 Å². The smallest absolute Gasteiger partial charge is 0.333 e. The minimum atomic E-state index is -2.81. The van der Waals surface area contributed by atoms with Crippen molar-refractivity contribution in [1.82, 2.24) is 25.3 Å². The largest absolute Gasteiger partial charge is 0.349 e. The molecular formula is C26H22F3N5O2. The van der Waals surface area contributed by atoms with Crippen LogP contribution in [0, 0.1) is 11.2 Å². The van der Waals surface area contributed by atoms with Gasteiger partial charge in [-0.1, -0.05) is 24.3 Å². The zero-order valence-corrected chi connectivity index (χ0v) is 19.0. The number of carbonyl (C=O) groups excluding carboxylic acids is 1. The topological polar surface area (TPSA) is 92.7 Å². The quantitative estimate of drug-likeness (QED) is 0.419. The minimum absolute atomic E-state index is 0.00532. The molecule has 0 bridgehead atoms. The van der Waals surface area contributed by atoms with E-state index in [1.807, 2.05) is 18.2 Å². The van der Waals surface area contributed by atoms with E-state index in [4.69, 9.17) is 0 Å². The summed E-state index contributed by atoms with van der Waals surface area (Å²) in [7, 11) is 0. The van der Waals surface area contributed by atoms with Crippen LogP contribution in [0.25, 0.3) is 21.9 Å². The Balaban J connectivity index is 1.07. The third-order valence-corrected chi connectivity index (χ3v) is 7.51. The predicted molar refractivity (Wildman–Crippen MR) is 126 cm³/mol. The molecule has 2 saturated carbocycles. The summed E-state index contributed by atoms with van der Waals surface area (Å²) in [4.78, 5) is 24.7. The maximum absolute atomic E-state index is 14.6. The van der Waals surface area contributed by atoms with Crippen LogP contribution in [0.2, 0.25) is 0 Å². The molecule has 4 aromatic rings. The van der Waals surface area contributed by atoms with Crippen LogP contribution >= 0.6 is 0 Å². The SMILES string of the molecule is O=C(NC1CC2(C1)CC(c1n[nH]c(=O)c3ccccc13)C2)c1ccc(-c2cnn(C(F)F)c2)c(F)c1. The number of aromatic amines is 1. The molecule has 0 atom stereocenters. The highest BCUT2D eigenvalue weighted by Gasteiger charge is 2.54. The monoisotopic (exact) mass is 493 g/mol. The lowest BCUT2D eigenvalue weighted by Crippen LogP contribution is -2.55. The number of fused-ring (bicyclic) bond motifs is 1. The van der Waals surface area contributed by atoms with Crippen molar-refractivity contribution >= 4 is 16.7 Å². The highest BCUT2D eigenvalue weighted by molar-refractivity contribution is 5.95. The van der Waals surface area contributed by atoms with Crippen LogP contribution in [0.1, 0.15) is 54.2 Å². The second kappa shape index (κ2) is 8.32. The molecule has 2 aromatic carbocycles. The number of hydrogen-bond donors (Lipinski definition) is 2. The lowest BCUT2D eigenvalue weighted by atomic mass is 9.49. The van der Waals surface area contributed by atoms with Gasteiger partial charge in [-0.25, -0.2) is 14.2 Å². The van der Waals surface area contributed by atoms with Crippen LogP contribution in [-0.2, 0) is 0 Å². The van der Waals surface area contributed by atoms with Gasteiger partial charge in [0.25, 0.3) is 11.5 Å². The molecule has 2 aliphatic rings. The van der Waals surface area contributed by atoms with Gasteiger partial charge < -0.3 is 5.32 Å². The molecule has 0 radical (unpaired) electrons. The summed E-state index contributed by atoms with van der Waals surface area (Å²) in [5.74, 6) is -0.781. The fourth-order valence-corrected chi connectivity index (χ4v) is 5.79. The maximum Gasteiger partial charge on any atom is 0.333 e. The molecule has 2 aliphatic carbocycles. The molecule has 2 N–H and O–H groups in total. The van der Waals surface area contributed by atoms with Gasteiger partial charge in [0.2, 0.25) is 0 Å². The number of nitrogens with one attached hydrogen (secondary N) is 2. The fraction of sp³-hybridized carbons (Fsp3) is 0.308. The maximum atomic E-state index is 14.6. The number of H-pyrrole nitrogens is 1. The molecule has 2 aromatic heterocycles. The van der Waals surface area contributed by atoms with Crippen molar-refractivity contribution in [2.45, 2.75) is 44.2 Å². The van der Waals surface area contributed by atoms with Crippen LogP contribution in [-0.4, -0.2) is 31.9 Å². The summed E-state index contributed by atoms with van der Waals surface area (Å²) < 4.78 is 40.5. The van der Waals surface area contributed by atoms with Crippen LogP contribution in [0.3, 0.4) is 0 Å². The van der Waals surface area contributed by atoms with Gasteiger partial charge in [-0.05, 0) is 49.3 Å². The first-order chi connectivity index (χ1) is 17.3. The van der Waals surface area contributed by atoms with Crippen molar-refractivity contribution in [3.63, 3.8) is 0 Å². The van der Waals surface area contributed by atoms with Gasteiger partial charge in [0.1, 0.15) is 5.82 Å². The van der Waals surface area contributed by atoms with E-state index in [1.54, 1.807) is 6.07 Å². The number of aromatic nitrogens is 4. The van der Waals surface area contributed by atoms with Crippen LogP contribution in [0.15, 0.2) is 59.7 Å². The number of hydrogen-bond acceptors (Lipinski definition) is 4. The zero-order chi connectivity index (χ0) is 25.0. The van der Waals surface area contributed by atoms with Gasteiger partial charge in [0.05, 0.1) is 17.3 Å². The summed E-state index contributed by atoms with van der Waals surface area (Å²) in [5, 5.41) is 14.9. The van der Waals surface area contributed by atoms with E-state index >= 15 is 0 Å². The normalized spacial score (nSPS) is 23.0. The number of nitrogens with zero attached hydrogens (tertiary/aromatic N) is 3. The predicted octanol–water partition coefficient (Wildman–Crippen LogP) is 4.78. The second-order valence-corrected chi connectivity index (χ2v) is 9.85. The molecule has 1 amide bonds. The van der Waals surface area contributed by atoms with Crippen LogP contribution in [0.5, 0.6) is 0 Å². The van der Waals surface area contributed by atoms with Gasteiger partial charge in [0, 0.05) is 40.2 Å². The zero-order valence-electron chi connectivity index (χ0n) is 19.0. The minimum Gasteiger partial charge on any atom is -0.349 e. The molecule has 36 heavy (non-hydrogen) atoms. The third kappa shape index (κ3) is 3.77. The average molecular weight is 493 g/mol. The molecular weight excluding hydrogens is 471 g/mol. The Hall–Kier alpha value is -3.95. The Morgan fingerprint density at radius 1 is 1.11 bits per heavy atom. The molecule has 184 valence electrons. The molecule has 0 unspecified atom stereocenters. The van der Waals surface area contributed by atoms with Crippen molar-refractivity contribution < 1.29 is 18.0 Å². The highest BCUT2D eigenvalue weighted by Crippen LogP contribution is 2.62. The van der Waals surface area contributed by atoms with Gasteiger partial charge in [-0.15, -0.1) is 0 Å². The Kier molecular flexibility index (Phi) is 5.20. The Labute approximate surface area is 203 Å². The lowest BCUT2D eigenvalue weighted by molar-refractivity contribution is -0.0196. The summed E-state index contributed by atoms with van der Waals surface area (Å²) in [6.45, 7) is -2.81. The van der Waals surface area contributed by atoms with Gasteiger partial charge in [-0.3, -0.25) is 9.59 Å². The van der Waals surface area contributed by atoms with E-state index in [0.29, 0.717) is 10.1 Å². The van der Waals surface area contributed by atoms with Gasteiger partial charge >= 0.3 is 6.55 Å². The fourth-order valence-electron chi connectivity index (χ4n) is 5.79. The molecule has 7 nitrogen and oxygen atoms in total. The molecule has 2 fully saturated rings. The molecule has 10 heteroatoms. The molecule has 2 heterocycles. The second-order valence-electron chi connectivity index (χ2n) is 9.85. The van der Waals surface area contributed by atoms with Gasteiger partial charge in [-0.2, -0.15) is 19.0 Å². The first-order valence-corrected chi connectivity index (χ1v) is 11.7. The summed E-state index contributed by atoms with van der Waals surface area (Å²) >= 11 is 0. The summed E-state index contributed by atoms with van der Waals surface area (Å²) in [6, 6.07) is 11.5. The van der Waals surface area contributed by atoms with E-state index in [2.05, 4.69) is 20.6 Å². The number of alkyl halides is 2. The lowest BCUT2D eigenvalue weighted by Gasteiger charge is -2.57. The first kappa shape index (κ1) is 22.5. The Morgan fingerprint density at radius 3 is 2.56 bits per heavy atom. The molecule has 0 aliphatic heterocycles. The van der Waals surface area contributed by atoms with Crippen molar-refractivity contribution in [2.24, 2.45) is 5.41 Å².